The van der Waals surface area contributed by atoms with Crippen molar-refractivity contribution in [3.05, 3.63) is 47.5 Å². The highest BCUT2D eigenvalue weighted by molar-refractivity contribution is 6.06. The maximum atomic E-state index is 12.9. The predicted octanol–water partition coefficient (Wildman–Crippen LogP) is 2.11. The number of rotatable bonds is 2. The Balaban J connectivity index is 1.44. The lowest BCUT2D eigenvalue weighted by atomic mass is 9.63. The summed E-state index contributed by atoms with van der Waals surface area (Å²) in [6.07, 6.45) is 5.57. The van der Waals surface area contributed by atoms with Crippen LogP contribution in [0.25, 0.3) is 0 Å². The van der Waals surface area contributed by atoms with E-state index in [-0.39, 0.29) is 35.5 Å². The summed E-state index contributed by atoms with van der Waals surface area (Å²) in [6, 6.07) is 9.19. The second-order valence-electron chi connectivity index (χ2n) is 7.23. The molecule has 4 nitrogen and oxygen atoms in total. The van der Waals surface area contributed by atoms with Crippen molar-refractivity contribution < 1.29 is 9.59 Å². The Morgan fingerprint density at radius 1 is 1.00 bits per heavy atom. The van der Waals surface area contributed by atoms with Gasteiger partial charge >= 0.3 is 0 Å². The van der Waals surface area contributed by atoms with Gasteiger partial charge < -0.3 is 0 Å². The average Bonchev–Trinajstić information content (AvgIpc) is 3.37. The van der Waals surface area contributed by atoms with Gasteiger partial charge in [-0.1, -0.05) is 24.3 Å². The molecular weight excluding hydrogens is 288 g/mol. The highest BCUT2D eigenvalue weighted by Gasteiger charge is 2.66. The summed E-state index contributed by atoms with van der Waals surface area (Å²) in [7, 11) is 0. The molecule has 1 aromatic carbocycles. The number of carbonyl (C=O) groups is 2. The van der Waals surface area contributed by atoms with Crippen LogP contribution in [0.5, 0.6) is 0 Å². The number of hydrogen-bond donors (Lipinski definition) is 0. The molecule has 4 aliphatic carbocycles. The lowest BCUT2D eigenvalue weighted by Gasteiger charge is -2.37. The van der Waals surface area contributed by atoms with Gasteiger partial charge in [0.2, 0.25) is 11.8 Å². The van der Waals surface area contributed by atoms with Crippen LogP contribution in [0, 0.1) is 46.8 Å². The van der Waals surface area contributed by atoms with Crippen LogP contribution in [0.15, 0.2) is 36.4 Å². The van der Waals surface area contributed by atoms with Crippen molar-refractivity contribution in [3.63, 3.8) is 0 Å². The van der Waals surface area contributed by atoms with E-state index in [4.69, 9.17) is 5.26 Å². The number of nitrogens with zero attached hydrogens (tertiary/aromatic N) is 2. The zero-order valence-electron chi connectivity index (χ0n) is 12.6. The molecule has 0 aromatic heterocycles. The maximum Gasteiger partial charge on any atom is 0.234 e. The SMILES string of the molecule is N#Cc1ccc(CN2C(=O)[C@@H]3[C@H]4C=C[C@@H]([C@@H]5C[C@H]45)[C@@H]3C2=O)cc1. The van der Waals surface area contributed by atoms with Crippen molar-refractivity contribution in [3.8, 4) is 6.07 Å². The molecule has 2 saturated carbocycles. The van der Waals surface area contributed by atoms with Gasteiger partial charge in [-0.05, 0) is 47.8 Å². The minimum Gasteiger partial charge on any atom is -0.278 e. The van der Waals surface area contributed by atoms with E-state index in [2.05, 4.69) is 18.2 Å². The van der Waals surface area contributed by atoms with Crippen molar-refractivity contribution in [2.24, 2.45) is 35.5 Å². The molecule has 5 aliphatic rings. The van der Waals surface area contributed by atoms with Crippen LogP contribution in [0.4, 0.5) is 0 Å². The Kier molecular flexibility index (Phi) is 2.45. The highest BCUT2D eigenvalue weighted by atomic mass is 16.2. The van der Waals surface area contributed by atoms with E-state index in [0.717, 1.165) is 5.56 Å². The lowest BCUT2D eigenvalue weighted by molar-refractivity contribution is -0.140. The molecule has 0 radical (unpaired) electrons. The van der Waals surface area contributed by atoms with Crippen LogP contribution in [0.1, 0.15) is 17.5 Å². The molecule has 1 saturated heterocycles. The van der Waals surface area contributed by atoms with E-state index >= 15 is 0 Å². The molecule has 1 heterocycles. The van der Waals surface area contributed by atoms with Crippen LogP contribution in [-0.2, 0) is 16.1 Å². The predicted molar refractivity (Wildman–Crippen MR) is 81.4 cm³/mol. The number of allylic oxidation sites excluding steroid dienone is 2. The van der Waals surface area contributed by atoms with Gasteiger partial charge in [0.05, 0.1) is 30.0 Å². The highest BCUT2D eigenvalue weighted by Crippen LogP contribution is 2.65. The molecule has 1 aromatic rings. The van der Waals surface area contributed by atoms with Gasteiger partial charge in [0, 0.05) is 0 Å². The van der Waals surface area contributed by atoms with Crippen LogP contribution < -0.4 is 0 Å². The van der Waals surface area contributed by atoms with Gasteiger partial charge in [-0.15, -0.1) is 0 Å². The van der Waals surface area contributed by atoms with Gasteiger partial charge in [0.25, 0.3) is 0 Å². The Morgan fingerprint density at radius 3 is 2.09 bits per heavy atom. The molecule has 0 N–H and O–H groups in total. The fourth-order valence-electron chi connectivity index (χ4n) is 5.04. The third kappa shape index (κ3) is 1.65. The molecular formula is C19H16N2O2. The van der Waals surface area contributed by atoms with Crippen molar-refractivity contribution in [2.45, 2.75) is 13.0 Å². The standard InChI is InChI=1S/C19H16N2O2/c20-8-10-1-3-11(4-2-10)9-21-18(22)16-12-5-6-13(15-7-14(12)15)17(16)19(21)23/h1-6,12-17H,7,9H2/t12-,13-,14-,15+,16-,17+/m0/s1. The Morgan fingerprint density at radius 2 is 1.57 bits per heavy atom. The van der Waals surface area contributed by atoms with Gasteiger partial charge in [0.15, 0.2) is 0 Å². The molecule has 2 bridgehead atoms. The first-order chi connectivity index (χ1) is 11.2. The molecule has 1 aliphatic heterocycles. The molecule has 23 heavy (non-hydrogen) atoms. The Bertz CT molecular complexity index is 753. The van der Waals surface area contributed by atoms with Crippen molar-refractivity contribution in [1.29, 1.82) is 5.26 Å². The fourth-order valence-corrected chi connectivity index (χ4v) is 5.04. The molecule has 4 heteroatoms. The largest absolute Gasteiger partial charge is 0.278 e. The molecule has 0 spiro atoms. The van der Waals surface area contributed by atoms with Gasteiger partial charge in [-0.2, -0.15) is 5.26 Å². The average molecular weight is 304 g/mol. The van der Waals surface area contributed by atoms with E-state index < -0.39 is 0 Å². The zero-order valence-corrected chi connectivity index (χ0v) is 12.6. The first kappa shape index (κ1) is 13.1. The van der Waals surface area contributed by atoms with Gasteiger partial charge in [-0.25, -0.2) is 0 Å². The molecule has 2 amide bonds. The number of benzene rings is 1. The van der Waals surface area contributed by atoms with E-state index in [1.54, 1.807) is 12.1 Å². The minimum atomic E-state index is -0.125. The number of hydrogen-bond acceptors (Lipinski definition) is 3. The molecule has 6 rings (SSSR count). The first-order valence-corrected chi connectivity index (χ1v) is 8.21. The second-order valence-corrected chi connectivity index (χ2v) is 7.23. The van der Waals surface area contributed by atoms with Crippen molar-refractivity contribution >= 4 is 11.8 Å². The summed E-state index contributed by atoms with van der Waals surface area (Å²) in [5.41, 5.74) is 1.48. The van der Waals surface area contributed by atoms with E-state index in [0.29, 0.717) is 23.9 Å². The number of imide groups is 1. The zero-order chi connectivity index (χ0) is 15.7. The summed E-state index contributed by atoms with van der Waals surface area (Å²) in [5, 5.41) is 8.86. The Labute approximate surface area is 134 Å². The molecule has 0 unspecified atom stereocenters. The minimum absolute atomic E-state index is 0.00839. The third-order valence-electron chi connectivity index (χ3n) is 6.18. The number of nitriles is 1. The summed E-state index contributed by atoms with van der Waals surface area (Å²) < 4.78 is 0. The number of carbonyl (C=O) groups excluding carboxylic acids is 2. The number of amides is 2. The van der Waals surface area contributed by atoms with Crippen molar-refractivity contribution in [2.75, 3.05) is 0 Å². The second kappa shape index (κ2) is 4.32. The Hall–Kier alpha value is -2.41. The molecule has 6 atom stereocenters. The first-order valence-electron chi connectivity index (χ1n) is 8.21. The molecule has 3 fully saturated rings. The summed E-state index contributed by atoms with van der Waals surface area (Å²) >= 11 is 0. The van der Waals surface area contributed by atoms with E-state index in [1.807, 2.05) is 12.1 Å². The third-order valence-corrected chi connectivity index (χ3v) is 6.18. The monoisotopic (exact) mass is 304 g/mol. The lowest BCUT2D eigenvalue weighted by Crippen LogP contribution is -2.40. The fraction of sp³-hybridized carbons (Fsp3) is 0.421. The quantitative estimate of drug-likeness (QED) is 0.621. The summed E-state index contributed by atoms with van der Waals surface area (Å²) in [5.74, 6) is 1.59. The maximum absolute atomic E-state index is 12.9. The van der Waals surface area contributed by atoms with Crippen LogP contribution in [-0.4, -0.2) is 16.7 Å². The van der Waals surface area contributed by atoms with Crippen molar-refractivity contribution in [1.82, 2.24) is 4.90 Å². The van der Waals surface area contributed by atoms with E-state index in [1.165, 1.54) is 11.3 Å². The summed E-state index contributed by atoms with van der Waals surface area (Å²) in [6.45, 7) is 0.325. The van der Waals surface area contributed by atoms with Crippen LogP contribution >= 0.6 is 0 Å². The van der Waals surface area contributed by atoms with Crippen LogP contribution in [0.3, 0.4) is 0 Å². The number of likely N-dealkylation sites (tertiary alicyclic amines) is 1. The van der Waals surface area contributed by atoms with Crippen LogP contribution in [0.2, 0.25) is 0 Å². The van der Waals surface area contributed by atoms with E-state index in [9.17, 15) is 9.59 Å². The normalized spacial score (nSPS) is 39.2. The molecule has 114 valence electrons. The topological polar surface area (TPSA) is 61.2 Å². The summed E-state index contributed by atoms with van der Waals surface area (Å²) in [4.78, 5) is 27.2. The van der Waals surface area contributed by atoms with Gasteiger partial charge in [0.1, 0.15) is 0 Å². The van der Waals surface area contributed by atoms with Gasteiger partial charge in [-0.3, -0.25) is 14.5 Å². The smallest absolute Gasteiger partial charge is 0.234 e.